The van der Waals surface area contributed by atoms with Crippen LogP contribution in [0.25, 0.3) is 11.1 Å². The predicted molar refractivity (Wildman–Crippen MR) is 79.8 cm³/mol. The Morgan fingerprint density at radius 1 is 0.833 bits per heavy atom. The SMILES string of the molecule is NCc1cccc(-c2cc(Cl)c(Cl)cc2Cl)c1Cl. The van der Waals surface area contributed by atoms with Gasteiger partial charge in [-0.05, 0) is 17.7 Å². The monoisotopic (exact) mass is 319 g/mol. The third kappa shape index (κ3) is 2.61. The van der Waals surface area contributed by atoms with Gasteiger partial charge in [-0.15, -0.1) is 0 Å². The first kappa shape index (κ1) is 14.0. The molecule has 0 heterocycles. The second kappa shape index (κ2) is 5.68. The molecule has 0 saturated heterocycles. The van der Waals surface area contributed by atoms with Crippen LogP contribution in [0.2, 0.25) is 20.1 Å². The summed E-state index contributed by atoms with van der Waals surface area (Å²) in [6.45, 7) is 0.367. The van der Waals surface area contributed by atoms with Gasteiger partial charge in [-0.25, -0.2) is 0 Å². The van der Waals surface area contributed by atoms with Crippen molar-refractivity contribution in [1.29, 1.82) is 0 Å². The fourth-order valence-electron chi connectivity index (χ4n) is 1.67. The zero-order chi connectivity index (χ0) is 13.3. The Hall–Kier alpha value is -0.440. The van der Waals surface area contributed by atoms with Crippen LogP contribution in [0.5, 0.6) is 0 Å². The molecule has 0 radical (unpaired) electrons. The van der Waals surface area contributed by atoms with E-state index in [-0.39, 0.29) is 0 Å². The highest BCUT2D eigenvalue weighted by molar-refractivity contribution is 6.44. The zero-order valence-corrected chi connectivity index (χ0v) is 12.2. The second-order valence-electron chi connectivity index (χ2n) is 3.73. The van der Waals surface area contributed by atoms with Crippen molar-refractivity contribution in [3.8, 4) is 11.1 Å². The molecule has 0 aliphatic rings. The fourth-order valence-corrected chi connectivity index (χ4v) is 2.63. The van der Waals surface area contributed by atoms with Crippen molar-refractivity contribution in [2.75, 3.05) is 0 Å². The first-order chi connectivity index (χ1) is 8.54. The summed E-state index contributed by atoms with van der Waals surface area (Å²) < 4.78 is 0. The Balaban J connectivity index is 2.66. The van der Waals surface area contributed by atoms with Gasteiger partial charge in [-0.3, -0.25) is 0 Å². The molecule has 0 amide bonds. The van der Waals surface area contributed by atoms with E-state index in [0.717, 1.165) is 16.7 Å². The lowest BCUT2D eigenvalue weighted by Crippen LogP contribution is -1.98. The number of halogens is 4. The Labute approximate surface area is 125 Å². The van der Waals surface area contributed by atoms with Gasteiger partial charge in [0.1, 0.15) is 0 Å². The molecule has 0 spiro atoms. The Morgan fingerprint density at radius 2 is 1.50 bits per heavy atom. The molecule has 2 rings (SSSR count). The number of hydrogen-bond acceptors (Lipinski definition) is 1. The molecule has 0 aliphatic heterocycles. The molecule has 18 heavy (non-hydrogen) atoms. The van der Waals surface area contributed by atoms with E-state index in [9.17, 15) is 0 Å². The van der Waals surface area contributed by atoms with Gasteiger partial charge in [0.25, 0.3) is 0 Å². The first-order valence-electron chi connectivity index (χ1n) is 5.17. The van der Waals surface area contributed by atoms with Gasteiger partial charge >= 0.3 is 0 Å². The fraction of sp³-hybridized carbons (Fsp3) is 0.0769. The van der Waals surface area contributed by atoms with E-state index in [1.54, 1.807) is 12.1 Å². The van der Waals surface area contributed by atoms with E-state index in [2.05, 4.69) is 0 Å². The highest BCUT2D eigenvalue weighted by atomic mass is 35.5. The molecule has 1 nitrogen and oxygen atoms in total. The number of benzene rings is 2. The van der Waals surface area contributed by atoms with Crippen molar-refractivity contribution in [2.45, 2.75) is 6.54 Å². The summed E-state index contributed by atoms with van der Waals surface area (Å²) in [4.78, 5) is 0. The molecular weight excluding hydrogens is 312 g/mol. The minimum Gasteiger partial charge on any atom is -0.326 e. The largest absolute Gasteiger partial charge is 0.326 e. The van der Waals surface area contributed by atoms with Crippen molar-refractivity contribution in [3.05, 3.63) is 56.0 Å². The molecule has 0 atom stereocenters. The summed E-state index contributed by atoms with van der Waals surface area (Å²) in [7, 11) is 0. The van der Waals surface area contributed by atoms with E-state index < -0.39 is 0 Å². The second-order valence-corrected chi connectivity index (χ2v) is 5.33. The summed E-state index contributed by atoms with van der Waals surface area (Å²) in [5.41, 5.74) is 8.02. The molecule has 2 N–H and O–H groups in total. The quantitative estimate of drug-likeness (QED) is 0.734. The van der Waals surface area contributed by atoms with Crippen LogP contribution in [0.3, 0.4) is 0 Å². The predicted octanol–water partition coefficient (Wildman–Crippen LogP) is 5.43. The molecule has 0 saturated carbocycles. The minimum atomic E-state index is 0.367. The van der Waals surface area contributed by atoms with Crippen LogP contribution >= 0.6 is 46.4 Å². The van der Waals surface area contributed by atoms with Crippen LogP contribution in [0, 0.1) is 0 Å². The van der Waals surface area contributed by atoms with Crippen LogP contribution in [0.4, 0.5) is 0 Å². The summed E-state index contributed by atoms with van der Waals surface area (Å²) in [6.07, 6.45) is 0. The first-order valence-corrected chi connectivity index (χ1v) is 6.68. The average Bonchev–Trinajstić information content (AvgIpc) is 2.34. The maximum Gasteiger partial charge on any atom is 0.0607 e. The van der Waals surface area contributed by atoms with Crippen LogP contribution in [-0.4, -0.2) is 0 Å². The van der Waals surface area contributed by atoms with Gasteiger partial charge in [0.2, 0.25) is 0 Å². The van der Waals surface area contributed by atoms with E-state index in [0.29, 0.717) is 26.6 Å². The number of nitrogens with two attached hydrogens (primary N) is 1. The Bertz CT molecular complexity index is 596. The van der Waals surface area contributed by atoms with Gasteiger partial charge in [-0.2, -0.15) is 0 Å². The van der Waals surface area contributed by atoms with Crippen LogP contribution in [-0.2, 0) is 6.54 Å². The lowest BCUT2D eigenvalue weighted by molar-refractivity contribution is 1.07. The van der Waals surface area contributed by atoms with Gasteiger partial charge < -0.3 is 5.73 Å². The lowest BCUT2D eigenvalue weighted by atomic mass is 10.0. The summed E-state index contributed by atoms with van der Waals surface area (Å²) in [6, 6.07) is 8.92. The number of rotatable bonds is 2. The standard InChI is InChI=1S/C13H9Cl4N/c14-10-5-12(16)11(15)4-9(10)8-3-1-2-7(6-18)13(8)17/h1-5H,6,18H2. The third-order valence-corrected chi connectivity index (χ3v) is 4.08. The highest BCUT2D eigenvalue weighted by Gasteiger charge is 2.12. The van der Waals surface area contributed by atoms with E-state index >= 15 is 0 Å². The highest BCUT2D eigenvalue weighted by Crippen LogP contribution is 2.39. The van der Waals surface area contributed by atoms with Crippen molar-refractivity contribution in [3.63, 3.8) is 0 Å². The van der Waals surface area contributed by atoms with Crippen molar-refractivity contribution >= 4 is 46.4 Å². The van der Waals surface area contributed by atoms with E-state index in [1.165, 1.54) is 0 Å². The topological polar surface area (TPSA) is 26.0 Å². The van der Waals surface area contributed by atoms with Gasteiger partial charge in [0.05, 0.1) is 20.1 Å². The van der Waals surface area contributed by atoms with E-state index in [1.807, 2.05) is 18.2 Å². The van der Waals surface area contributed by atoms with Crippen molar-refractivity contribution in [1.82, 2.24) is 0 Å². The third-order valence-electron chi connectivity index (χ3n) is 2.60. The smallest absolute Gasteiger partial charge is 0.0607 e. The van der Waals surface area contributed by atoms with Gasteiger partial charge in [0, 0.05) is 17.7 Å². The maximum atomic E-state index is 6.29. The molecule has 94 valence electrons. The summed E-state index contributed by atoms with van der Waals surface area (Å²) >= 11 is 24.4. The molecule has 0 bridgehead atoms. The van der Waals surface area contributed by atoms with Crippen molar-refractivity contribution < 1.29 is 0 Å². The van der Waals surface area contributed by atoms with E-state index in [4.69, 9.17) is 52.1 Å². The molecule has 0 fully saturated rings. The molecule has 0 aromatic heterocycles. The maximum absolute atomic E-state index is 6.29. The minimum absolute atomic E-state index is 0.367. The van der Waals surface area contributed by atoms with Gasteiger partial charge in [0.15, 0.2) is 0 Å². The van der Waals surface area contributed by atoms with Crippen LogP contribution in [0.1, 0.15) is 5.56 Å². The molecule has 2 aromatic carbocycles. The molecule has 0 aliphatic carbocycles. The van der Waals surface area contributed by atoms with Gasteiger partial charge in [-0.1, -0.05) is 64.6 Å². The number of hydrogen-bond donors (Lipinski definition) is 1. The zero-order valence-electron chi connectivity index (χ0n) is 9.18. The lowest BCUT2D eigenvalue weighted by Gasteiger charge is -2.11. The van der Waals surface area contributed by atoms with Crippen molar-refractivity contribution in [2.24, 2.45) is 5.73 Å². The Kier molecular flexibility index (Phi) is 4.41. The normalized spacial score (nSPS) is 10.7. The molecule has 0 unspecified atom stereocenters. The summed E-state index contributed by atoms with van der Waals surface area (Å²) in [5, 5.41) is 1.93. The summed E-state index contributed by atoms with van der Waals surface area (Å²) in [5.74, 6) is 0. The molecular formula is C13H9Cl4N. The Morgan fingerprint density at radius 3 is 2.17 bits per heavy atom. The average molecular weight is 321 g/mol. The molecule has 2 aromatic rings. The molecule has 5 heteroatoms. The van der Waals surface area contributed by atoms with Crippen LogP contribution < -0.4 is 5.73 Å². The van der Waals surface area contributed by atoms with Crippen LogP contribution in [0.15, 0.2) is 30.3 Å².